The van der Waals surface area contributed by atoms with Crippen molar-refractivity contribution < 1.29 is 13.9 Å². The van der Waals surface area contributed by atoms with Crippen LogP contribution in [0.4, 0.5) is 4.39 Å². The van der Waals surface area contributed by atoms with Gasteiger partial charge in [-0.15, -0.1) is 0 Å². The number of carbonyl (C=O) groups excluding carboxylic acids is 1. The van der Waals surface area contributed by atoms with Gasteiger partial charge in [-0.25, -0.2) is 4.39 Å². The Morgan fingerprint density at radius 3 is 2.38 bits per heavy atom. The Morgan fingerprint density at radius 1 is 1.07 bits per heavy atom. The molecular formula is C24H35FN2O2. The normalized spacial score (nSPS) is 25.3. The van der Waals surface area contributed by atoms with Gasteiger partial charge in [0.15, 0.2) is 0 Å². The highest BCUT2D eigenvalue weighted by Gasteiger charge is 2.32. The van der Waals surface area contributed by atoms with Gasteiger partial charge in [-0.3, -0.25) is 4.79 Å². The maximum absolute atomic E-state index is 14.2. The molecule has 4 nitrogen and oxygen atoms in total. The number of benzene rings is 1. The van der Waals surface area contributed by atoms with E-state index < -0.39 is 5.82 Å². The van der Waals surface area contributed by atoms with E-state index in [2.05, 4.69) is 4.90 Å². The van der Waals surface area contributed by atoms with Crippen LogP contribution in [0.2, 0.25) is 0 Å². The monoisotopic (exact) mass is 402 g/mol. The summed E-state index contributed by atoms with van der Waals surface area (Å²) in [6, 6.07) is 4.90. The molecule has 1 unspecified atom stereocenters. The Morgan fingerprint density at radius 2 is 1.76 bits per heavy atom. The Bertz CT molecular complexity index is 688. The van der Waals surface area contributed by atoms with Crippen LogP contribution in [0.5, 0.6) is 0 Å². The van der Waals surface area contributed by atoms with E-state index in [-0.39, 0.29) is 11.5 Å². The van der Waals surface area contributed by atoms with Crippen molar-refractivity contribution >= 4 is 5.91 Å². The van der Waals surface area contributed by atoms with E-state index in [1.54, 1.807) is 6.07 Å². The van der Waals surface area contributed by atoms with Crippen molar-refractivity contribution in [3.8, 4) is 0 Å². The van der Waals surface area contributed by atoms with Gasteiger partial charge in [0.25, 0.3) is 5.91 Å². The highest BCUT2D eigenvalue weighted by atomic mass is 19.1. The summed E-state index contributed by atoms with van der Waals surface area (Å²) in [5.74, 6) is 1.67. The van der Waals surface area contributed by atoms with E-state index in [0.717, 1.165) is 56.5 Å². The third kappa shape index (κ3) is 5.18. The first kappa shape index (κ1) is 20.8. The van der Waals surface area contributed by atoms with E-state index in [4.69, 9.17) is 4.74 Å². The Hall–Kier alpha value is -1.46. The van der Waals surface area contributed by atoms with Crippen LogP contribution >= 0.6 is 0 Å². The quantitative estimate of drug-likeness (QED) is 0.759. The van der Waals surface area contributed by atoms with Gasteiger partial charge in [-0.2, -0.15) is 0 Å². The number of piperidine rings is 2. The fourth-order valence-electron chi connectivity index (χ4n) is 5.46. The molecular weight excluding hydrogens is 367 g/mol. The van der Waals surface area contributed by atoms with Gasteiger partial charge in [0.05, 0.1) is 12.2 Å². The average Bonchev–Trinajstić information content (AvgIpc) is 2.75. The van der Waals surface area contributed by atoms with Crippen LogP contribution in [0.15, 0.2) is 18.2 Å². The lowest BCUT2D eigenvalue weighted by molar-refractivity contribution is 0.0269. The van der Waals surface area contributed by atoms with E-state index >= 15 is 0 Å². The predicted molar refractivity (Wildman–Crippen MR) is 112 cm³/mol. The summed E-state index contributed by atoms with van der Waals surface area (Å²) in [5.41, 5.74) is 1.06. The number of amides is 1. The Kier molecular flexibility index (Phi) is 6.86. The SMILES string of the molecule is Cc1ccc(C(=O)N2CCC(C3CCN(CC4CCCOC4)CC3)CC2)c(F)c1. The van der Waals surface area contributed by atoms with Gasteiger partial charge in [0.1, 0.15) is 5.82 Å². The summed E-state index contributed by atoms with van der Waals surface area (Å²) >= 11 is 0. The summed E-state index contributed by atoms with van der Waals surface area (Å²) in [6.45, 7) is 8.85. The zero-order valence-corrected chi connectivity index (χ0v) is 17.7. The van der Waals surface area contributed by atoms with Crippen LogP contribution in [-0.4, -0.2) is 61.6 Å². The van der Waals surface area contributed by atoms with Gasteiger partial charge in [-0.1, -0.05) is 6.07 Å². The van der Waals surface area contributed by atoms with Gasteiger partial charge >= 0.3 is 0 Å². The molecule has 1 amide bonds. The molecule has 5 heteroatoms. The molecule has 0 radical (unpaired) electrons. The van der Waals surface area contributed by atoms with Crippen molar-refractivity contribution in [2.45, 2.75) is 45.4 Å². The van der Waals surface area contributed by atoms with Crippen LogP contribution in [0, 0.1) is 30.5 Å². The van der Waals surface area contributed by atoms with Crippen molar-refractivity contribution in [1.29, 1.82) is 0 Å². The fraction of sp³-hybridized carbons (Fsp3) is 0.708. The molecule has 4 rings (SSSR count). The molecule has 0 N–H and O–H groups in total. The summed E-state index contributed by atoms with van der Waals surface area (Å²) < 4.78 is 19.8. The second-order valence-corrected chi connectivity index (χ2v) is 9.33. The van der Waals surface area contributed by atoms with Crippen LogP contribution in [0.25, 0.3) is 0 Å². The third-order valence-electron chi connectivity index (χ3n) is 7.25. The van der Waals surface area contributed by atoms with E-state index in [0.29, 0.717) is 5.92 Å². The molecule has 1 aromatic rings. The number of hydrogen-bond acceptors (Lipinski definition) is 3. The molecule has 3 heterocycles. The van der Waals surface area contributed by atoms with E-state index in [9.17, 15) is 9.18 Å². The smallest absolute Gasteiger partial charge is 0.256 e. The van der Waals surface area contributed by atoms with Crippen molar-refractivity contribution in [3.63, 3.8) is 0 Å². The standard InChI is InChI=1S/C24H35FN2O2/c1-18-4-5-22(23(25)15-18)24(28)27-12-8-21(9-13-27)20-6-10-26(11-7-20)16-19-3-2-14-29-17-19/h4-5,15,19-21H,2-3,6-14,16-17H2,1H3. The van der Waals surface area contributed by atoms with Gasteiger partial charge in [0, 0.05) is 26.2 Å². The second kappa shape index (κ2) is 9.57. The van der Waals surface area contributed by atoms with Crippen LogP contribution in [0.3, 0.4) is 0 Å². The molecule has 0 saturated carbocycles. The molecule has 3 saturated heterocycles. The lowest BCUT2D eigenvalue weighted by Gasteiger charge is -2.41. The third-order valence-corrected chi connectivity index (χ3v) is 7.25. The second-order valence-electron chi connectivity index (χ2n) is 9.33. The average molecular weight is 403 g/mol. The van der Waals surface area contributed by atoms with Crippen LogP contribution in [-0.2, 0) is 4.74 Å². The maximum Gasteiger partial charge on any atom is 0.256 e. The summed E-state index contributed by atoms with van der Waals surface area (Å²) in [7, 11) is 0. The summed E-state index contributed by atoms with van der Waals surface area (Å²) in [6.07, 6.45) is 7.19. The fourth-order valence-corrected chi connectivity index (χ4v) is 5.46. The highest BCUT2D eigenvalue weighted by molar-refractivity contribution is 5.94. The van der Waals surface area contributed by atoms with E-state index in [1.165, 1.54) is 51.4 Å². The molecule has 0 bridgehead atoms. The van der Waals surface area contributed by atoms with Crippen molar-refractivity contribution in [1.82, 2.24) is 9.80 Å². The van der Waals surface area contributed by atoms with Crippen molar-refractivity contribution in [2.75, 3.05) is 45.9 Å². The molecule has 0 spiro atoms. The van der Waals surface area contributed by atoms with Crippen LogP contribution in [0.1, 0.15) is 54.4 Å². The lowest BCUT2D eigenvalue weighted by atomic mass is 9.78. The Labute approximate surface area is 174 Å². The number of carbonyl (C=O) groups is 1. The number of likely N-dealkylation sites (tertiary alicyclic amines) is 2. The van der Waals surface area contributed by atoms with Crippen LogP contribution < -0.4 is 0 Å². The number of hydrogen-bond donors (Lipinski definition) is 0. The first-order valence-electron chi connectivity index (χ1n) is 11.5. The first-order chi connectivity index (χ1) is 14.1. The topological polar surface area (TPSA) is 32.8 Å². The zero-order valence-electron chi connectivity index (χ0n) is 17.7. The zero-order chi connectivity index (χ0) is 20.2. The molecule has 160 valence electrons. The Balaban J connectivity index is 1.22. The molecule has 0 aromatic heterocycles. The van der Waals surface area contributed by atoms with Crippen molar-refractivity contribution in [3.05, 3.63) is 35.1 Å². The summed E-state index contributed by atoms with van der Waals surface area (Å²) in [4.78, 5) is 17.2. The number of halogens is 1. The summed E-state index contributed by atoms with van der Waals surface area (Å²) in [5, 5.41) is 0. The maximum atomic E-state index is 14.2. The van der Waals surface area contributed by atoms with Crippen molar-refractivity contribution in [2.24, 2.45) is 17.8 Å². The molecule has 1 aromatic carbocycles. The predicted octanol–water partition coefficient (Wildman–Crippen LogP) is 4.12. The first-order valence-corrected chi connectivity index (χ1v) is 11.5. The molecule has 0 aliphatic carbocycles. The number of rotatable bonds is 4. The van der Waals surface area contributed by atoms with Gasteiger partial charge < -0.3 is 14.5 Å². The van der Waals surface area contributed by atoms with Gasteiger partial charge in [0.2, 0.25) is 0 Å². The minimum absolute atomic E-state index is 0.148. The molecule has 29 heavy (non-hydrogen) atoms. The molecule has 3 aliphatic heterocycles. The molecule has 3 aliphatic rings. The largest absolute Gasteiger partial charge is 0.381 e. The van der Waals surface area contributed by atoms with Gasteiger partial charge in [-0.05, 0) is 94.0 Å². The number of ether oxygens (including phenoxy) is 1. The molecule has 1 atom stereocenters. The minimum Gasteiger partial charge on any atom is -0.381 e. The number of aryl methyl sites for hydroxylation is 1. The van der Waals surface area contributed by atoms with E-state index in [1.807, 2.05) is 17.9 Å². The lowest BCUT2D eigenvalue weighted by Crippen LogP contribution is -2.44. The highest BCUT2D eigenvalue weighted by Crippen LogP contribution is 2.33. The minimum atomic E-state index is -0.395. The number of nitrogens with zero attached hydrogens (tertiary/aromatic N) is 2. The molecule has 3 fully saturated rings.